The number of hydrogen-bond acceptors (Lipinski definition) is 5. The molecule has 0 unspecified atom stereocenters. The van der Waals surface area contributed by atoms with Crippen molar-refractivity contribution in [1.29, 1.82) is 0 Å². The van der Waals surface area contributed by atoms with E-state index in [0.29, 0.717) is 17.5 Å². The largest absolute Gasteiger partial charge is 0.484 e. The molecule has 1 atom stereocenters. The van der Waals surface area contributed by atoms with E-state index in [2.05, 4.69) is 15.5 Å². The zero-order valence-corrected chi connectivity index (χ0v) is 14.0. The number of ether oxygens (including phenoxy) is 1. The molecule has 0 saturated carbocycles. The number of nitrogens with one attached hydrogen (secondary N) is 1. The van der Waals surface area contributed by atoms with E-state index in [9.17, 15) is 4.79 Å². The van der Waals surface area contributed by atoms with Crippen LogP contribution in [0.3, 0.4) is 0 Å². The Hall–Kier alpha value is -2.37. The highest BCUT2D eigenvalue weighted by molar-refractivity contribution is 5.77. The minimum absolute atomic E-state index is 0.00173. The van der Waals surface area contributed by atoms with Crippen LogP contribution in [0.2, 0.25) is 0 Å². The second-order valence-electron chi connectivity index (χ2n) is 5.80. The maximum Gasteiger partial charge on any atom is 0.258 e. The predicted molar refractivity (Wildman–Crippen MR) is 87.2 cm³/mol. The smallest absolute Gasteiger partial charge is 0.258 e. The molecule has 0 fully saturated rings. The van der Waals surface area contributed by atoms with Gasteiger partial charge in [-0.25, -0.2) is 0 Å². The van der Waals surface area contributed by atoms with E-state index in [-0.39, 0.29) is 24.5 Å². The van der Waals surface area contributed by atoms with Gasteiger partial charge >= 0.3 is 0 Å². The molecule has 124 valence electrons. The van der Waals surface area contributed by atoms with Crippen LogP contribution in [0.5, 0.6) is 5.75 Å². The lowest BCUT2D eigenvalue weighted by atomic mass is 10.2. The van der Waals surface area contributed by atoms with Crippen LogP contribution in [0, 0.1) is 0 Å². The average molecular weight is 317 g/mol. The Kier molecular flexibility index (Phi) is 5.73. The molecule has 6 heteroatoms. The summed E-state index contributed by atoms with van der Waals surface area (Å²) in [6.45, 7) is 8.00. The Labute approximate surface area is 136 Å². The number of carbonyl (C=O) groups excluding carboxylic acids is 1. The van der Waals surface area contributed by atoms with Crippen LogP contribution < -0.4 is 10.1 Å². The minimum Gasteiger partial charge on any atom is -0.484 e. The molecule has 0 bridgehead atoms. The molecule has 0 spiro atoms. The van der Waals surface area contributed by atoms with Gasteiger partial charge in [-0.15, -0.1) is 0 Å². The third kappa shape index (κ3) is 4.81. The molecule has 0 aliphatic carbocycles. The number of rotatable bonds is 7. The minimum atomic E-state index is -0.123. The van der Waals surface area contributed by atoms with Crippen molar-refractivity contribution in [3.8, 4) is 17.2 Å². The Morgan fingerprint density at radius 2 is 1.96 bits per heavy atom. The van der Waals surface area contributed by atoms with Crippen LogP contribution in [0.25, 0.3) is 11.5 Å². The van der Waals surface area contributed by atoms with Crippen LogP contribution in [0.15, 0.2) is 28.8 Å². The molecule has 2 rings (SSSR count). The maximum absolute atomic E-state index is 11.7. The highest BCUT2D eigenvalue weighted by atomic mass is 16.5. The average Bonchev–Trinajstić information content (AvgIpc) is 3.03. The molecule has 0 radical (unpaired) electrons. The van der Waals surface area contributed by atoms with Crippen molar-refractivity contribution in [1.82, 2.24) is 15.5 Å². The molecule has 23 heavy (non-hydrogen) atoms. The molecule has 1 heterocycles. The highest BCUT2D eigenvalue weighted by Gasteiger charge is 2.12. The number of nitrogens with zero attached hydrogens (tertiary/aromatic N) is 2. The molecule has 1 aromatic carbocycles. The van der Waals surface area contributed by atoms with Crippen LogP contribution in [0.4, 0.5) is 0 Å². The van der Waals surface area contributed by atoms with E-state index in [1.165, 1.54) is 0 Å². The summed E-state index contributed by atoms with van der Waals surface area (Å²) in [7, 11) is 0. The summed E-state index contributed by atoms with van der Waals surface area (Å²) >= 11 is 0. The van der Waals surface area contributed by atoms with Crippen LogP contribution in [0.1, 0.15) is 45.9 Å². The zero-order chi connectivity index (χ0) is 16.8. The first-order valence-electron chi connectivity index (χ1n) is 7.85. The first kappa shape index (κ1) is 17.0. The third-order valence-corrected chi connectivity index (χ3v) is 3.45. The number of carbonyl (C=O) groups is 1. The zero-order valence-electron chi connectivity index (χ0n) is 14.0. The summed E-state index contributed by atoms with van der Waals surface area (Å²) < 4.78 is 10.7. The van der Waals surface area contributed by atoms with Gasteiger partial charge in [-0.05, 0) is 37.6 Å². The second-order valence-corrected chi connectivity index (χ2v) is 5.80. The van der Waals surface area contributed by atoms with Gasteiger partial charge in [0.1, 0.15) is 5.75 Å². The predicted octanol–water partition coefficient (Wildman–Crippen LogP) is 3.15. The van der Waals surface area contributed by atoms with E-state index in [0.717, 1.165) is 12.0 Å². The van der Waals surface area contributed by atoms with Gasteiger partial charge in [0, 0.05) is 17.5 Å². The van der Waals surface area contributed by atoms with E-state index in [1.807, 2.05) is 39.8 Å². The topological polar surface area (TPSA) is 77.2 Å². The van der Waals surface area contributed by atoms with Crippen molar-refractivity contribution >= 4 is 5.91 Å². The quantitative estimate of drug-likeness (QED) is 0.849. The van der Waals surface area contributed by atoms with Gasteiger partial charge in [0.2, 0.25) is 0 Å². The van der Waals surface area contributed by atoms with Crippen molar-refractivity contribution < 1.29 is 14.1 Å². The molecule has 1 N–H and O–H groups in total. The second kappa shape index (κ2) is 7.76. The molecular formula is C17H23N3O3. The summed E-state index contributed by atoms with van der Waals surface area (Å²) in [4.78, 5) is 16.0. The van der Waals surface area contributed by atoms with Crippen molar-refractivity contribution in [3.05, 3.63) is 30.1 Å². The Balaban J connectivity index is 1.92. The summed E-state index contributed by atoms with van der Waals surface area (Å²) in [5.41, 5.74) is 0.820. The molecule has 0 aliphatic rings. The maximum atomic E-state index is 11.7. The Morgan fingerprint density at radius 3 is 2.52 bits per heavy atom. The fraction of sp³-hybridized carbons (Fsp3) is 0.471. The normalized spacial score (nSPS) is 12.2. The SMILES string of the molecule is CC[C@@H](C)NC(=O)COc1ccc(-c2nc(C(C)C)no2)cc1. The van der Waals surface area contributed by atoms with E-state index in [1.54, 1.807) is 12.1 Å². The van der Waals surface area contributed by atoms with Crippen LogP contribution in [-0.4, -0.2) is 28.7 Å². The monoisotopic (exact) mass is 317 g/mol. The van der Waals surface area contributed by atoms with Crippen LogP contribution >= 0.6 is 0 Å². The number of aromatic nitrogens is 2. The molecule has 2 aromatic rings. The van der Waals surface area contributed by atoms with E-state index >= 15 is 0 Å². The fourth-order valence-corrected chi connectivity index (χ4v) is 1.85. The number of benzene rings is 1. The third-order valence-electron chi connectivity index (χ3n) is 3.45. The lowest BCUT2D eigenvalue weighted by molar-refractivity contribution is -0.123. The molecule has 0 aliphatic heterocycles. The van der Waals surface area contributed by atoms with Crippen molar-refractivity contribution in [3.63, 3.8) is 0 Å². The van der Waals surface area contributed by atoms with Gasteiger partial charge in [0.05, 0.1) is 0 Å². The van der Waals surface area contributed by atoms with E-state index in [4.69, 9.17) is 9.26 Å². The van der Waals surface area contributed by atoms with Gasteiger partial charge in [0.25, 0.3) is 11.8 Å². The Morgan fingerprint density at radius 1 is 1.26 bits per heavy atom. The molecular weight excluding hydrogens is 294 g/mol. The standard InChI is InChI=1S/C17H23N3O3/c1-5-12(4)18-15(21)10-22-14-8-6-13(7-9-14)17-19-16(11(2)3)20-23-17/h6-9,11-12H,5,10H2,1-4H3,(H,18,21)/t12-/m1/s1. The van der Waals surface area contributed by atoms with Gasteiger partial charge in [-0.2, -0.15) is 4.98 Å². The Bertz CT molecular complexity index is 635. The van der Waals surface area contributed by atoms with Gasteiger partial charge < -0.3 is 14.6 Å². The van der Waals surface area contributed by atoms with Crippen molar-refractivity contribution in [2.75, 3.05) is 6.61 Å². The van der Waals surface area contributed by atoms with Gasteiger partial charge in [0.15, 0.2) is 12.4 Å². The van der Waals surface area contributed by atoms with Crippen molar-refractivity contribution in [2.24, 2.45) is 0 Å². The summed E-state index contributed by atoms with van der Waals surface area (Å²) in [6, 6.07) is 7.39. The fourth-order valence-electron chi connectivity index (χ4n) is 1.85. The molecule has 6 nitrogen and oxygen atoms in total. The molecule has 1 amide bonds. The summed E-state index contributed by atoms with van der Waals surface area (Å²) in [6.07, 6.45) is 0.892. The summed E-state index contributed by atoms with van der Waals surface area (Å²) in [5, 5.41) is 6.79. The van der Waals surface area contributed by atoms with Gasteiger partial charge in [-0.1, -0.05) is 25.9 Å². The van der Waals surface area contributed by atoms with E-state index < -0.39 is 0 Å². The highest BCUT2D eigenvalue weighted by Crippen LogP contribution is 2.22. The summed E-state index contributed by atoms with van der Waals surface area (Å²) in [5.74, 6) is 1.88. The number of amides is 1. The molecule has 1 aromatic heterocycles. The number of hydrogen-bond donors (Lipinski definition) is 1. The van der Waals surface area contributed by atoms with Gasteiger partial charge in [-0.3, -0.25) is 4.79 Å². The lowest BCUT2D eigenvalue weighted by Crippen LogP contribution is -2.35. The van der Waals surface area contributed by atoms with Crippen LogP contribution in [-0.2, 0) is 4.79 Å². The lowest BCUT2D eigenvalue weighted by Gasteiger charge is -2.12. The molecule has 0 saturated heterocycles. The first-order chi connectivity index (χ1) is 11.0. The first-order valence-corrected chi connectivity index (χ1v) is 7.85. The van der Waals surface area contributed by atoms with Crippen molar-refractivity contribution in [2.45, 2.75) is 46.1 Å².